The summed E-state index contributed by atoms with van der Waals surface area (Å²) in [5, 5.41) is 9.29. The highest BCUT2D eigenvalue weighted by Crippen LogP contribution is 1.96. The van der Waals surface area contributed by atoms with Gasteiger partial charge in [-0.2, -0.15) is 0 Å². The Balaban J connectivity index is 3.94. The second kappa shape index (κ2) is 5.89. The van der Waals surface area contributed by atoms with Gasteiger partial charge in [-0.1, -0.05) is 18.7 Å². The maximum Gasteiger partial charge on any atom is 0.126 e. The standard InChI is InChI=1S/C9H15NO/c1-4-7-10(8-5-2)9(11)6-3/h4-6,9,11H,1-3,7-8H2. The maximum atomic E-state index is 9.29. The average molecular weight is 153 g/mol. The first-order valence-electron chi connectivity index (χ1n) is 3.52. The molecule has 0 aliphatic heterocycles. The fourth-order valence-corrected chi connectivity index (χ4v) is 0.771. The van der Waals surface area contributed by atoms with Crippen molar-refractivity contribution in [3.8, 4) is 0 Å². The molecular weight excluding hydrogens is 138 g/mol. The lowest BCUT2D eigenvalue weighted by Gasteiger charge is -2.22. The van der Waals surface area contributed by atoms with E-state index in [4.69, 9.17) is 0 Å². The molecule has 1 atom stereocenters. The third-order valence-corrected chi connectivity index (χ3v) is 1.31. The van der Waals surface area contributed by atoms with Crippen molar-refractivity contribution in [2.75, 3.05) is 13.1 Å². The number of hydrogen-bond donors (Lipinski definition) is 1. The Bertz CT molecular complexity index is 132. The van der Waals surface area contributed by atoms with Crippen molar-refractivity contribution in [3.05, 3.63) is 38.0 Å². The molecule has 1 unspecified atom stereocenters. The first kappa shape index (κ1) is 10.1. The summed E-state index contributed by atoms with van der Waals surface area (Å²) in [5.74, 6) is 0. The smallest absolute Gasteiger partial charge is 0.126 e. The Morgan fingerprint density at radius 1 is 1.18 bits per heavy atom. The minimum atomic E-state index is -0.606. The minimum absolute atomic E-state index is 0.606. The van der Waals surface area contributed by atoms with Gasteiger partial charge in [-0.05, 0) is 6.08 Å². The predicted octanol–water partition coefficient (Wildman–Crippen LogP) is 1.16. The van der Waals surface area contributed by atoms with Crippen LogP contribution in [-0.2, 0) is 0 Å². The van der Waals surface area contributed by atoms with Crippen LogP contribution in [0.15, 0.2) is 38.0 Å². The summed E-state index contributed by atoms with van der Waals surface area (Å²) in [5.41, 5.74) is 0. The van der Waals surface area contributed by atoms with Gasteiger partial charge in [0, 0.05) is 13.1 Å². The molecule has 0 aromatic heterocycles. The van der Waals surface area contributed by atoms with Crippen LogP contribution in [0.3, 0.4) is 0 Å². The number of rotatable bonds is 6. The molecule has 2 nitrogen and oxygen atoms in total. The van der Waals surface area contributed by atoms with E-state index in [0.29, 0.717) is 13.1 Å². The van der Waals surface area contributed by atoms with Crippen LogP contribution in [0.5, 0.6) is 0 Å². The molecule has 0 rings (SSSR count). The predicted molar refractivity (Wildman–Crippen MR) is 48.2 cm³/mol. The molecule has 0 fully saturated rings. The Morgan fingerprint density at radius 2 is 1.64 bits per heavy atom. The molecule has 0 aromatic rings. The number of aliphatic hydroxyl groups is 1. The van der Waals surface area contributed by atoms with Crippen molar-refractivity contribution < 1.29 is 5.11 Å². The largest absolute Gasteiger partial charge is 0.375 e. The summed E-state index contributed by atoms with van der Waals surface area (Å²) >= 11 is 0. The Labute approximate surface area is 68.1 Å². The molecule has 0 spiro atoms. The molecule has 0 amide bonds. The molecule has 0 aromatic carbocycles. The summed E-state index contributed by atoms with van der Waals surface area (Å²) in [7, 11) is 0. The van der Waals surface area contributed by atoms with Gasteiger partial charge in [-0.15, -0.1) is 13.2 Å². The molecule has 0 heterocycles. The molecule has 0 saturated heterocycles. The lowest BCUT2D eigenvalue weighted by atomic mass is 10.4. The molecule has 1 N–H and O–H groups in total. The Hall–Kier alpha value is -0.860. The molecule has 0 radical (unpaired) electrons. The Kier molecular flexibility index (Phi) is 5.43. The van der Waals surface area contributed by atoms with Gasteiger partial charge < -0.3 is 5.11 Å². The molecular formula is C9H15NO. The van der Waals surface area contributed by atoms with Crippen molar-refractivity contribution in [2.24, 2.45) is 0 Å². The highest BCUT2D eigenvalue weighted by atomic mass is 16.3. The highest BCUT2D eigenvalue weighted by molar-refractivity contribution is 4.87. The summed E-state index contributed by atoms with van der Waals surface area (Å²) in [6.07, 6.45) is 4.34. The summed E-state index contributed by atoms with van der Waals surface area (Å²) in [4.78, 5) is 1.78. The van der Waals surface area contributed by atoms with Crippen molar-refractivity contribution >= 4 is 0 Å². The lowest BCUT2D eigenvalue weighted by Crippen LogP contribution is -2.33. The van der Waals surface area contributed by atoms with Crippen molar-refractivity contribution in [3.63, 3.8) is 0 Å². The lowest BCUT2D eigenvalue weighted by molar-refractivity contribution is 0.0606. The number of nitrogens with zero attached hydrogens (tertiary/aromatic N) is 1. The second-order valence-corrected chi connectivity index (χ2v) is 2.18. The van der Waals surface area contributed by atoms with E-state index >= 15 is 0 Å². The monoisotopic (exact) mass is 153 g/mol. The topological polar surface area (TPSA) is 23.5 Å². The van der Waals surface area contributed by atoms with Crippen LogP contribution in [0.4, 0.5) is 0 Å². The molecule has 11 heavy (non-hydrogen) atoms. The number of aliphatic hydroxyl groups excluding tert-OH is 1. The van der Waals surface area contributed by atoms with Crippen LogP contribution in [0.1, 0.15) is 0 Å². The zero-order valence-corrected chi connectivity index (χ0v) is 6.74. The van der Waals surface area contributed by atoms with Gasteiger partial charge in [-0.3, -0.25) is 4.90 Å². The normalized spacial score (nSPS) is 12.5. The second-order valence-electron chi connectivity index (χ2n) is 2.18. The van der Waals surface area contributed by atoms with Crippen LogP contribution in [0.2, 0.25) is 0 Å². The maximum absolute atomic E-state index is 9.29. The van der Waals surface area contributed by atoms with E-state index in [0.717, 1.165) is 0 Å². The molecule has 2 heteroatoms. The van der Waals surface area contributed by atoms with Crippen LogP contribution < -0.4 is 0 Å². The van der Waals surface area contributed by atoms with Gasteiger partial charge in [0.2, 0.25) is 0 Å². The molecule has 0 aliphatic carbocycles. The van der Waals surface area contributed by atoms with E-state index in [-0.39, 0.29) is 0 Å². The molecule has 0 aliphatic rings. The number of hydrogen-bond acceptors (Lipinski definition) is 2. The van der Waals surface area contributed by atoms with E-state index in [1.807, 2.05) is 0 Å². The van der Waals surface area contributed by atoms with Gasteiger partial charge >= 0.3 is 0 Å². The molecule has 62 valence electrons. The quantitative estimate of drug-likeness (QED) is 0.457. The Morgan fingerprint density at radius 3 is 1.91 bits per heavy atom. The van der Waals surface area contributed by atoms with E-state index in [1.165, 1.54) is 6.08 Å². The summed E-state index contributed by atoms with van der Waals surface area (Å²) < 4.78 is 0. The zero-order chi connectivity index (χ0) is 8.69. The van der Waals surface area contributed by atoms with Crippen LogP contribution >= 0.6 is 0 Å². The van der Waals surface area contributed by atoms with E-state index in [2.05, 4.69) is 19.7 Å². The van der Waals surface area contributed by atoms with Gasteiger partial charge in [-0.25, -0.2) is 0 Å². The zero-order valence-electron chi connectivity index (χ0n) is 6.74. The summed E-state index contributed by atoms with van der Waals surface area (Å²) in [6.45, 7) is 11.9. The minimum Gasteiger partial charge on any atom is -0.375 e. The fourth-order valence-electron chi connectivity index (χ4n) is 0.771. The molecule has 0 bridgehead atoms. The van der Waals surface area contributed by atoms with Gasteiger partial charge in [0.15, 0.2) is 0 Å². The third kappa shape index (κ3) is 3.75. The SMILES string of the molecule is C=CCN(CC=C)C(O)C=C. The van der Waals surface area contributed by atoms with Crippen LogP contribution in [0.25, 0.3) is 0 Å². The van der Waals surface area contributed by atoms with Crippen molar-refractivity contribution in [1.29, 1.82) is 0 Å². The summed E-state index contributed by atoms with van der Waals surface area (Å²) in [6, 6.07) is 0. The van der Waals surface area contributed by atoms with Crippen molar-refractivity contribution in [1.82, 2.24) is 4.90 Å². The van der Waals surface area contributed by atoms with Gasteiger partial charge in [0.1, 0.15) is 6.23 Å². The van der Waals surface area contributed by atoms with E-state index in [9.17, 15) is 5.11 Å². The van der Waals surface area contributed by atoms with Gasteiger partial charge in [0.25, 0.3) is 0 Å². The molecule has 0 saturated carbocycles. The third-order valence-electron chi connectivity index (χ3n) is 1.31. The highest BCUT2D eigenvalue weighted by Gasteiger charge is 2.07. The average Bonchev–Trinajstić information content (AvgIpc) is 2.03. The van der Waals surface area contributed by atoms with Crippen LogP contribution in [0, 0.1) is 0 Å². The first-order chi connectivity index (χ1) is 5.26. The first-order valence-corrected chi connectivity index (χ1v) is 3.52. The van der Waals surface area contributed by atoms with Crippen molar-refractivity contribution in [2.45, 2.75) is 6.23 Å². The fraction of sp³-hybridized carbons (Fsp3) is 0.333. The van der Waals surface area contributed by atoms with Gasteiger partial charge in [0.05, 0.1) is 0 Å². The van der Waals surface area contributed by atoms with Crippen LogP contribution in [-0.4, -0.2) is 29.3 Å². The van der Waals surface area contributed by atoms with E-state index in [1.54, 1.807) is 17.1 Å². The van der Waals surface area contributed by atoms with E-state index < -0.39 is 6.23 Å².